The minimum absolute atomic E-state index is 0.237. The molecule has 1 saturated carbocycles. The molecular weight excluding hydrogens is 186 g/mol. The zero-order valence-corrected chi connectivity index (χ0v) is 8.95. The van der Waals surface area contributed by atoms with Crippen molar-refractivity contribution >= 4 is 5.82 Å². The number of anilines is 1. The highest BCUT2D eigenvalue weighted by Gasteiger charge is 2.35. The molecule has 2 rings (SSSR count). The summed E-state index contributed by atoms with van der Waals surface area (Å²) in [5.41, 5.74) is 0.902. The Morgan fingerprint density at radius 3 is 2.93 bits per heavy atom. The lowest BCUT2D eigenvalue weighted by Gasteiger charge is -2.42. The van der Waals surface area contributed by atoms with Crippen molar-refractivity contribution in [2.24, 2.45) is 0 Å². The van der Waals surface area contributed by atoms with Crippen molar-refractivity contribution in [1.82, 2.24) is 4.98 Å². The largest absolute Gasteiger partial charge is 0.365 e. The molecule has 3 heteroatoms. The van der Waals surface area contributed by atoms with E-state index in [1.54, 1.807) is 12.3 Å². The van der Waals surface area contributed by atoms with E-state index in [-0.39, 0.29) is 5.54 Å². The molecule has 1 aromatic rings. The topological polar surface area (TPSA) is 48.7 Å². The first-order valence-electron chi connectivity index (χ1n) is 5.42. The third-order valence-corrected chi connectivity index (χ3v) is 3.27. The van der Waals surface area contributed by atoms with Gasteiger partial charge in [-0.05, 0) is 37.8 Å². The molecule has 1 fully saturated rings. The lowest BCUT2D eigenvalue weighted by atomic mass is 9.75. The van der Waals surface area contributed by atoms with Crippen LogP contribution in [0.5, 0.6) is 0 Å². The minimum atomic E-state index is 0.237. The highest BCUT2D eigenvalue weighted by molar-refractivity contribution is 5.44. The van der Waals surface area contributed by atoms with Gasteiger partial charge in [-0.25, -0.2) is 4.98 Å². The van der Waals surface area contributed by atoms with E-state index >= 15 is 0 Å². The minimum Gasteiger partial charge on any atom is -0.365 e. The van der Waals surface area contributed by atoms with E-state index in [9.17, 15) is 0 Å². The fraction of sp³-hybridized carbons (Fsp3) is 0.500. The second-order valence-corrected chi connectivity index (χ2v) is 4.15. The van der Waals surface area contributed by atoms with Crippen LogP contribution in [0.2, 0.25) is 0 Å². The quantitative estimate of drug-likeness (QED) is 0.818. The summed E-state index contributed by atoms with van der Waals surface area (Å²) < 4.78 is 0. The Morgan fingerprint density at radius 2 is 2.40 bits per heavy atom. The molecule has 0 aromatic carbocycles. The van der Waals surface area contributed by atoms with Gasteiger partial charge in [0, 0.05) is 11.7 Å². The van der Waals surface area contributed by atoms with Crippen LogP contribution in [0.4, 0.5) is 5.82 Å². The molecule has 1 heterocycles. The average Bonchev–Trinajstić information content (AvgIpc) is 2.24. The zero-order valence-electron chi connectivity index (χ0n) is 8.95. The standard InChI is InChI=1S/C12H15N3/c1-2-12(5-3-6-12)15-11-8-10(9-13)4-7-14-11/h4,7-8H,2-3,5-6H2,1H3,(H,14,15). The first kappa shape index (κ1) is 9.97. The molecule has 3 nitrogen and oxygen atoms in total. The molecule has 78 valence electrons. The van der Waals surface area contributed by atoms with Crippen molar-refractivity contribution in [2.45, 2.75) is 38.1 Å². The number of nitriles is 1. The predicted octanol–water partition coefficient (Wildman–Crippen LogP) is 2.70. The molecule has 0 bridgehead atoms. The van der Waals surface area contributed by atoms with E-state index in [4.69, 9.17) is 5.26 Å². The van der Waals surface area contributed by atoms with Gasteiger partial charge in [-0.1, -0.05) is 6.92 Å². The molecule has 1 N–H and O–H groups in total. The zero-order chi connectivity index (χ0) is 10.7. The monoisotopic (exact) mass is 201 g/mol. The summed E-state index contributed by atoms with van der Waals surface area (Å²) in [7, 11) is 0. The number of nitrogens with one attached hydrogen (secondary N) is 1. The van der Waals surface area contributed by atoms with Crippen LogP contribution in [-0.2, 0) is 0 Å². The molecule has 1 aromatic heterocycles. The highest BCUT2D eigenvalue weighted by atomic mass is 15.1. The Hall–Kier alpha value is -1.56. The van der Waals surface area contributed by atoms with E-state index in [0.717, 1.165) is 12.2 Å². The van der Waals surface area contributed by atoms with Crippen LogP contribution in [0, 0.1) is 11.3 Å². The third kappa shape index (κ3) is 1.94. The smallest absolute Gasteiger partial charge is 0.127 e. The van der Waals surface area contributed by atoms with Gasteiger partial charge in [0.15, 0.2) is 0 Å². The Kier molecular flexibility index (Phi) is 2.59. The molecule has 1 aliphatic carbocycles. The Morgan fingerprint density at radius 1 is 1.60 bits per heavy atom. The van der Waals surface area contributed by atoms with Crippen molar-refractivity contribution in [3.05, 3.63) is 23.9 Å². The number of hydrogen-bond donors (Lipinski definition) is 1. The van der Waals surface area contributed by atoms with Crippen LogP contribution in [-0.4, -0.2) is 10.5 Å². The van der Waals surface area contributed by atoms with Gasteiger partial charge >= 0.3 is 0 Å². The maximum atomic E-state index is 8.78. The van der Waals surface area contributed by atoms with Crippen LogP contribution in [0.3, 0.4) is 0 Å². The van der Waals surface area contributed by atoms with Gasteiger partial charge in [0.05, 0.1) is 11.6 Å². The first-order chi connectivity index (χ1) is 7.28. The third-order valence-electron chi connectivity index (χ3n) is 3.27. The predicted molar refractivity (Wildman–Crippen MR) is 59.4 cm³/mol. The lowest BCUT2D eigenvalue weighted by molar-refractivity contribution is 0.269. The maximum absolute atomic E-state index is 8.78. The highest BCUT2D eigenvalue weighted by Crippen LogP contribution is 2.37. The van der Waals surface area contributed by atoms with Crippen LogP contribution < -0.4 is 5.32 Å². The molecule has 0 atom stereocenters. The SMILES string of the molecule is CCC1(Nc2cc(C#N)ccn2)CCC1. The van der Waals surface area contributed by atoms with Gasteiger partial charge in [0.2, 0.25) is 0 Å². The van der Waals surface area contributed by atoms with E-state index in [1.165, 1.54) is 19.3 Å². The maximum Gasteiger partial charge on any atom is 0.127 e. The van der Waals surface area contributed by atoms with Gasteiger partial charge in [0.25, 0.3) is 0 Å². The first-order valence-corrected chi connectivity index (χ1v) is 5.42. The molecule has 0 aliphatic heterocycles. The summed E-state index contributed by atoms with van der Waals surface area (Å²) in [6.07, 6.45) is 6.51. The van der Waals surface area contributed by atoms with E-state index in [1.807, 2.05) is 6.07 Å². The van der Waals surface area contributed by atoms with Gasteiger partial charge in [-0.15, -0.1) is 0 Å². The van der Waals surface area contributed by atoms with Gasteiger partial charge < -0.3 is 5.32 Å². The molecule has 0 radical (unpaired) electrons. The molecule has 1 aliphatic rings. The fourth-order valence-electron chi connectivity index (χ4n) is 2.01. The van der Waals surface area contributed by atoms with Crippen molar-refractivity contribution in [3.8, 4) is 6.07 Å². The molecule has 0 spiro atoms. The molecule has 15 heavy (non-hydrogen) atoms. The normalized spacial score (nSPS) is 17.6. The molecule has 0 amide bonds. The number of rotatable bonds is 3. The van der Waals surface area contributed by atoms with Crippen LogP contribution >= 0.6 is 0 Å². The van der Waals surface area contributed by atoms with E-state index < -0.39 is 0 Å². The van der Waals surface area contributed by atoms with E-state index in [0.29, 0.717) is 5.56 Å². The molecule has 0 unspecified atom stereocenters. The van der Waals surface area contributed by atoms with Crippen LogP contribution in [0.15, 0.2) is 18.3 Å². The summed E-state index contributed by atoms with van der Waals surface area (Å²) >= 11 is 0. The molecular formula is C12H15N3. The lowest BCUT2D eigenvalue weighted by Crippen LogP contribution is -2.44. The number of aromatic nitrogens is 1. The van der Waals surface area contributed by atoms with Crippen molar-refractivity contribution in [1.29, 1.82) is 5.26 Å². The number of pyridine rings is 1. The summed E-state index contributed by atoms with van der Waals surface area (Å²) in [5, 5.41) is 12.2. The van der Waals surface area contributed by atoms with Crippen LogP contribution in [0.1, 0.15) is 38.2 Å². The van der Waals surface area contributed by atoms with Gasteiger partial charge in [-0.2, -0.15) is 5.26 Å². The summed E-state index contributed by atoms with van der Waals surface area (Å²) in [4.78, 5) is 4.24. The number of hydrogen-bond acceptors (Lipinski definition) is 3. The van der Waals surface area contributed by atoms with Crippen molar-refractivity contribution in [3.63, 3.8) is 0 Å². The number of nitrogens with zero attached hydrogens (tertiary/aromatic N) is 2. The van der Waals surface area contributed by atoms with Crippen molar-refractivity contribution in [2.75, 3.05) is 5.32 Å². The Bertz CT molecular complexity index is 383. The second kappa shape index (κ2) is 3.90. The van der Waals surface area contributed by atoms with Gasteiger partial charge in [0.1, 0.15) is 5.82 Å². The molecule has 0 saturated heterocycles. The summed E-state index contributed by atoms with van der Waals surface area (Å²) in [6.45, 7) is 2.19. The second-order valence-electron chi connectivity index (χ2n) is 4.15. The van der Waals surface area contributed by atoms with Crippen LogP contribution in [0.25, 0.3) is 0 Å². The van der Waals surface area contributed by atoms with E-state index in [2.05, 4.69) is 23.3 Å². The Balaban J connectivity index is 2.13. The summed E-state index contributed by atoms with van der Waals surface area (Å²) in [6, 6.07) is 5.67. The van der Waals surface area contributed by atoms with Gasteiger partial charge in [-0.3, -0.25) is 0 Å². The average molecular weight is 201 g/mol. The van der Waals surface area contributed by atoms with Crippen molar-refractivity contribution < 1.29 is 0 Å². The summed E-state index contributed by atoms with van der Waals surface area (Å²) in [5.74, 6) is 0.829. The fourth-order valence-corrected chi connectivity index (χ4v) is 2.01. The Labute approximate surface area is 90.1 Å².